The number of urea groups is 2. The molecule has 0 saturated carbocycles. The first-order chi connectivity index (χ1) is 17.3. The highest BCUT2D eigenvalue weighted by Gasteiger charge is 2.21. The molecule has 4 N–H and O–H groups in total. The van der Waals surface area contributed by atoms with Crippen molar-refractivity contribution in [1.29, 1.82) is 0 Å². The number of hydrogen-bond donors (Lipinski definition) is 4. The molecule has 1 aromatic heterocycles. The quantitative estimate of drug-likeness (QED) is 0.394. The van der Waals surface area contributed by atoms with Crippen LogP contribution in [0.3, 0.4) is 0 Å². The Balaban J connectivity index is 1.47. The molecule has 0 radical (unpaired) electrons. The Morgan fingerprint density at radius 1 is 1.06 bits per heavy atom. The third-order valence-electron chi connectivity index (χ3n) is 4.99. The van der Waals surface area contributed by atoms with Crippen LogP contribution in [0.1, 0.15) is 0 Å². The van der Waals surface area contributed by atoms with Gasteiger partial charge in [0.1, 0.15) is 12.4 Å². The van der Waals surface area contributed by atoms with E-state index >= 15 is 0 Å². The summed E-state index contributed by atoms with van der Waals surface area (Å²) in [5.41, 5.74) is 0.610. The second kappa shape index (κ2) is 10.9. The van der Waals surface area contributed by atoms with Gasteiger partial charge in [-0.05, 0) is 48.5 Å². The highest BCUT2D eigenvalue weighted by atomic mass is 35.5. The number of pyridine rings is 1. The van der Waals surface area contributed by atoms with Crippen LogP contribution in [0.25, 0.3) is 0 Å². The third kappa shape index (κ3) is 6.17. The van der Waals surface area contributed by atoms with Crippen molar-refractivity contribution in [2.75, 3.05) is 40.6 Å². The summed E-state index contributed by atoms with van der Waals surface area (Å²) in [5, 5.41) is 17.6. The molecule has 1 aliphatic rings. The number of rotatable bonds is 4. The molecule has 36 heavy (non-hydrogen) atoms. The molecule has 2 heterocycles. The van der Waals surface area contributed by atoms with E-state index in [-0.39, 0.29) is 29.2 Å². The Hall–Kier alpha value is -4.42. The first-order valence-electron chi connectivity index (χ1n) is 10.6. The van der Waals surface area contributed by atoms with Gasteiger partial charge in [0.05, 0.1) is 29.5 Å². The van der Waals surface area contributed by atoms with E-state index in [0.717, 1.165) is 12.3 Å². The molecular formula is C23H20ClFN6O5. The molecule has 1 fully saturated rings. The second-order valence-electron chi connectivity index (χ2n) is 7.51. The molecule has 2 aromatic carbocycles. The van der Waals surface area contributed by atoms with E-state index in [9.17, 15) is 24.0 Å². The lowest BCUT2D eigenvalue weighted by molar-refractivity contribution is -0.125. The molecule has 1 aliphatic heterocycles. The number of benzene rings is 2. The normalized spacial score (nSPS) is 13.9. The maximum absolute atomic E-state index is 14.6. The number of morpholine rings is 1. The van der Waals surface area contributed by atoms with Gasteiger partial charge in [-0.2, -0.15) is 9.72 Å². The maximum Gasteiger partial charge on any atom is 0.345 e. The molecule has 0 spiro atoms. The highest BCUT2D eigenvalue weighted by Crippen LogP contribution is 2.23. The van der Waals surface area contributed by atoms with Gasteiger partial charge in [0.25, 0.3) is 5.91 Å². The minimum absolute atomic E-state index is 0.0281. The standard InChI is InChI=1S/C23H20ClFN6O5/c24-14-1-3-15(4-2-14)26-22(33)28-19-7-8-30(35)12-20(19)29-23(34)27-18-6-5-16(11-17(18)25)31-9-10-36-13-21(31)32/h1-8,11-12,35H,9-10,13H2,(H,26,33)(H2,27,29,34). The Bertz CT molecular complexity index is 1380. The van der Waals surface area contributed by atoms with Crippen molar-refractivity contribution < 1.29 is 28.7 Å². The molecule has 0 unspecified atom stereocenters. The van der Waals surface area contributed by atoms with Crippen molar-refractivity contribution in [1.82, 2.24) is 4.73 Å². The van der Waals surface area contributed by atoms with Gasteiger partial charge in [0.2, 0.25) is 0 Å². The van der Waals surface area contributed by atoms with Gasteiger partial charge in [-0.1, -0.05) is 11.6 Å². The summed E-state index contributed by atoms with van der Waals surface area (Å²) < 4.78 is 20.4. The topological polar surface area (TPSA) is 137 Å². The van der Waals surface area contributed by atoms with Gasteiger partial charge in [-0.25, -0.2) is 14.0 Å². The van der Waals surface area contributed by atoms with Crippen LogP contribution in [-0.2, 0) is 9.53 Å². The average Bonchev–Trinajstić information content (AvgIpc) is 2.84. The number of halogens is 2. The first-order valence-corrected chi connectivity index (χ1v) is 10.9. The number of anilines is 4. The van der Waals surface area contributed by atoms with Crippen molar-refractivity contribution in [3.05, 3.63) is 77.1 Å². The summed E-state index contributed by atoms with van der Waals surface area (Å²) in [7, 11) is 0. The molecule has 5 amide bonds. The number of nitrogens with zero attached hydrogens (tertiary/aromatic N) is 3. The average molecular weight is 515 g/mol. The predicted octanol–water partition coefficient (Wildman–Crippen LogP) is 3.66. The lowest BCUT2D eigenvalue weighted by atomic mass is 10.2. The fourth-order valence-electron chi connectivity index (χ4n) is 3.31. The fourth-order valence-corrected chi connectivity index (χ4v) is 3.43. The number of hydrogen-bond acceptors (Lipinski definition) is 5. The van der Waals surface area contributed by atoms with E-state index < -0.39 is 17.9 Å². The molecule has 1 saturated heterocycles. The summed E-state index contributed by atoms with van der Waals surface area (Å²) in [6.45, 7) is 0.540. The minimum atomic E-state index is -0.857. The summed E-state index contributed by atoms with van der Waals surface area (Å²) in [6, 6.07) is 10.0. The lowest BCUT2D eigenvalue weighted by Crippen LogP contribution is -2.41. The summed E-state index contributed by atoms with van der Waals surface area (Å²) >= 11 is 5.83. The molecule has 13 heteroatoms. The summed E-state index contributed by atoms with van der Waals surface area (Å²) in [5.74, 6) is -1.06. The Kier molecular flexibility index (Phi) is 7.47. The van der Waals surface area contributed by atoms with Crippen LogP contribution in [0.15, 0.2) is 65.9 Å². The summed E-state index contributed by atoms with van der Waals surface area (Å²) in [4.78, 5) is 42.1. The van der Waals surface area contributed by atoms with Crippen molar-refractivity contribution >= 4 is 52.3 Å². The monoisotopic (exact) mass is 514 g/mol. The number of carbonyl (C=O) groups is 3. The minimum Gasteiger partial charge on any atom is -0.429 e. The largest absolute Gasteiger partial charge is 0.429 e. The van der Waals surface area contributed by atoms with Crippen molar-refractivity contribution in [2.45, 2.75) is 0 Å². The molecule has 4 rings (SSSR count). The number of aromatic nitrogens is 1. The molecule has 11 nitrogen and oxygen atoms in total. The number of amides is 5. The van der Waals surface area contributed by atoms with Crippen LogP contribution < -0.4 is 26.2 Å². The van der Waals surface area contributed by atoms with Gasteiger partial charge in [0, 0.05) is 29.1 Å². The predicted molar refractivity (Wildman–Crippen MR) is 130 cm³/mol. The van der Waals surface area contributed by atoms with Gasteiger partial charge in [-0.15, -0.1) is 0 Å². The van der Waals surface area contributed by atoms with E-state index in [1.807, 2.05) is 0 Å². The van der Waals surface area contributed by atoms with Crippen LogP contribution in [0.5, 0.6) is 0 Å². The van der Waals surface area contributed by atoms with Crippen LogP contribution in [0.4, 0.5) is 36.7 Å². The zero-order chi connectivity index (χ0) is 25.7. The van der Waals surface area contributed by atoms with Gasteiger partial charge >= 0.3 is 12.1 Å². The number of nitrogens with one attached hydrogen (secondary N) is 3. The fraction of sp³-hybridized carbons (Fsp3) is 0.130. The van der Waals surface area contributed by atoms with E-state index in [1.54, 1.807) is 24.3 Å². The Labute approximate surface area is 208 Å². The van der Waals surface area contributed by atoms with Crippen molar-refractivity contribution in [3.8, 4) is 0 Å². The van der Waals surface area contributed by atoms with Crippen LogP contribution in [0.2, 0.25) is 5.02 Å². The maximum atomic E-state index is 14.6. The lowest BCUT2D eigenvalue weighted by Gasteiger charge is -2.27. The van der Waals surface area contributed by atoms with Gasteiger partial charge in [0.15, 0.2) is 0 Å². The third-order valence-corrected chi connectivity index (χ3v) is 5.24. The Morgan fingerprint density at radius 2 is 1.81 bits per heavy atom. The first kappa shape index (κ1) is 24.7. The summed E-state index contributed by atoms with van der Waals surface area (Å²) in [6.07, 6.45) is 2.32. The molecule has 0 atom stereocenters. The van der Waals surface area contributed by atoms with Crippen molar-refractivity contribution in [3.63, 3.8) is 0 Å². The van der Waals surface area contributed by atoms with Crippen LogP contribution in [0, 0.1) is 5.82 Å². The van der Waals surface area contributed by atoms with Crippen LogP contribution >= 0.6 is 11.6 Å². The Morgan fingerprint density at radius 3 is 2.53 bits per heavy atom. The van der Waals surface area contributed by atoms with Crippen molar-refractivity contribution in [2.24, 2.45) is 4.99 Å². The zero-order valence-electron chi connectivity index (χ0n) is 18.6. The molecule has 0 bridgehead atoms. The highest BCUT2D eigenvalue weighted by molar-refractivity contribution is 6.30. The van der Waals surface area contributed by atoms with E-state index in [2.05, 4.69) is 20.9 Å². The molecule has 186 valence electrons. The van der Waals surface area contributed by atoms with Gasteiger partial charge < -0.3 is 30.8 Å². The molecule has 0 aliphatic carbocycles. The molecule has 3 aromatic rings. The number of carbonyl (C=O) groups excluding carboxylic acids is 3. The SMILES string of the molecule is O=C(N=c1ccn(O)cc1NC(=O)Nc1ccc(N2CCOCC2=O)cc1F)Nc1ccc(Cl)cc1. The zero-order valence-corrected chi connectivity index (χ0v) is 19.3. The van der Waals surface area contributed by atoms with Crippen LogP contribution in [-0.4, -0.2) is 47.7 Å². The van der Waals surface area contributed by atoms with E-state index in [1.165, 1.54) is 29.3 Å². The van der Waals surface area contributed by atoms with E-state index in [4.69, 9.17) is 16.3 Å². The van der Waals surface area contributed by atoms with E-state index in [0.29, 0.717) is 34.3 Å². The van der Waals surface area contributed by atoms with Gasteiger partial charge in [-0.3, -0.25) is 4.79 Å². The molecular weight excluding hydrogens is 495 g/mol. The smallest absolute Gasteiger partial charge is 0.345 e. The number of ether oxygens (including phenoxy) is 1. The second-order valence-corrected chi connectivity index (χ2v) is 7.95.